The molecule has 1 aromatic heterocycles. The van der Waals surface area contributed by atoms with Crippen LogP contribution >= 0.6 is 11.3 Å². The lowest BCUT2D eigenvalue weighted by atomic mass is 10.0. The Balaban J connectivity index is 2.20. The normalized spacial score (nSPS) is 19.5. The van der Waals surface area contributed by atoms with Crippen molar-refractivity contribution in [1.82, 2.24) is 15.2 Å². The van der Waals surface area contributed by atoms with Crippen LogP contribution in [0.15, 0.2) is 0 Å². The van der Waals surface area contributed by atoms with Gasteiger partial charge < -0.3 is 10.2 Å². The largest absolute Gasteiger partial charge is 0.345 e. The van der Waals surface area contributed by atoms with Crippen molar-refractivity contribution >= 4 is 16.5 Å². The fourth-order valence-electron chi connectivity index (χ4n) is 2.71. The Kier molecular flexibility index (Phi) is 5.28. The highest BCUT2D eigenvalue weighted by Gasteiger charge is 2.32. The lowest BCUT2D eigenvalue weighted by Gasteiger charge is -2.45. The zero-order chi connectivity index (χ0) is 15.6. The van der Waals surface area contributed by atoms with Gasteiger partial charge in [-0.1, -0.05) is 20.8 Å². The van der Waals surface area contributed by atoms with Crippen LogP contribution in [0.25, 0.3) is 0 Å². The number of rotatable bonds is 5. The van der Waals surface area contributed by atoms with E-state index in [4.69, 9.17) is 4.98 Å². The van der Waals surface area contributed by atoms with E-state index in [0.717, 1.165) is 32.7 Å². The highest BCUT2D eigenvalue weighted by Crippen LogP contribution is 2.33. The first-order valence-corrected chi connectivity index (χ1v) is 8.83. The Morgan fingerprint density at radius 3 is 2.62 bits per heavy atom. The fraction of sp³-hybridized carbons (Fsp3) is 0.812. The summed E-state index contributed by atoms with van der Waals surface area (Å²) in [5.74, 6) is 0.490. The molecule has 0 radical (unpaired) electrons. The molecule has 1 aromatic rings. The van der Waals surface area contributed by atoms with Crippen LogP contribution in [0.3, 0.4) is 0 Å². The average Bonchev–Trinajstić information content (AvgIpc) is 2.83. The molecule has 2 rings (SSSR count). The van der Waals surface area contributed by atoms with Crippen molar-refractivity contribution in [1.29, 1.82) is 0 Å². The first kappa shape index (κ1) is 16.7. The molecule has 4 nitrogen and oxygen atoms in total. The number of hydrogen-bond acceptors (Lipinski definition) is 5. The van der Waals surface area contributed by atoms with Crippen LogP contribution in [0.4, 0.5) is 5.13 Å². The second-order valence-electron chi connectivity index (χ2n) is 6.90. The summed E-state index contributed by atoms with van der Waals surface area (Å²) in [6, 6.07) is 0. The number of nitrogens with zero attached hydrogens (tertiary/aromatic N) is 3. The lowest BCUT2D eigenvalue weighted by molar-refractivity contribution is 0.139. The van der Waals surface area contributed by atoms with Crippen LogP contribution < -0.4 is 10.2 Å². The molecule has 0 bridgehead atoms. The monoisotopic (exact) mass is 310 g/mol. The average molecular weight is 311 g/mol. The van der Waals surface area contributed by atoms with E-state index >= 15 is 0 Å². The van der Waals surface area contributed by atoms with E-state index in [2.05, 4.69) is 56.8 Å². The smallest absolute Gasteiger partial charge is 0.185 e. The summed E-state index contributed by atoms with van der Waals surface area (Å²) in [5.41, 5.74) is 1.48. The fourth-order valence-corrected chi connectivity index (χ4v) is 3.92. The number of thiazole rings is 1. The molecule has 0 aromatic carbocycles. The summed E-state index contributed by atoms with van der Waals surface area (Å²) in [5, 5.41) is 4.64. The number of likely N-dealkylation sites (N-methyl/N-ethyl adjacent to an activating group) is 1. The summed E-state index contributed by atoms with van der Waals surface area (Å²) in [4.78, 5) is 11.3. The SMILES string of the molecule is CCNCc1sc(N2CCN(C)C(C)(C)C2)nc1C(C)C. The van der Waals surface area contributed by atoms with Gasteiger partial charge >= 0.3 is 0 Å². The summed E-state index contributed by atoms with van der Waals surface area (Å²) in [6.07, 6.45) is 0. The van der Waals surface area contributed by atoms with Crippen molar-refractivity contribution in [2.75, 3.05) is 38.1 Å². The summed E-state index contributed by atoms with van der Waals surface area (Å²) < 4.78 is 0. The molecule has 1 fully saturated rings. The van der Waals surface area contributed by atoms with Crippen LogP contribution in [-0.2, 0) is 6.54 Å². The molecule has 0 saturated carbocycles. The Bertz CT molecular complexity index is 467. The van der Waals surface area contributed by atoms with E-state index in [1.54, 1.807) is 0 Å². The molecular formula is C16H30N4S. The highest BCUT2D eigenvalue weighted by atomic mass is 32.1. The molecule has 0 aliphatic carbocycles. The van der Waals surface area contributed by atoms with Crippen molar-refractivity contribution in [3.8, 4) is 0 Å². The van der Waals surface area contributed by atoms with Crippen molar-refractivity contribution < 1.29 is 0 Å². The van der Waals surface area contributed by atoms with E-state index in [0.29, 0.717) is 5.92 Å². The van der Waals surface area contributed by atoms with E-state index in [1.165, 1.54) is 15.7 Å². The van der Waals surface area contributed by atoms with Crippen LogP contribution in [0, 0.1) is 0 Å². The van der Waals surface area contributed by atoms with Crippen molar-refractivity contribution in [3.05, 3.63) is 10.6 Å². The van der Waals surface area contributed by atoms with Crippen molar-refractivity contribution in [2.45, 2.75) is 52.6 Å². The molecule has 0 amide bonds. The first-order chi connectivity index (χ1) is 9.85. The molecule has 0 spiro atoms. The minimum absolute atomic E-state index is 0.212. The maximum Gasteiger partial charge on any atom is 0.185 e. The van der Waals surface area contributed by atoms with Gasteiger partial charge in [-0.05, 0) is 33.4 Å². The van der Waals surface area contributed by atoms with Gasteiger partial charge in [-0.25, -0.2) is 4.98 Å². The van der Waals surface area contributed by atoms with Gasteiger partial charge in [0, 0.05) is 36.6 Å². The second kappa shape index (κ2) is 6.63. The van der Waals surface area contributed by atoms with Gasteiger partial charge in [-0.15, -0.1) is 11.3 Å². The molecule has 1 saturated heterocycles. The molecule has 2 heterocycles. The Morgan fingerprint density at radius 2 is 2.05 bits per heavy atom. The molecule has 0 atom stereocenters. The Morgan fingerprint density at radius 1 is 1.33 bits per heavy atom. The van der Waals surface area contributed by atoms with Gasteiger partial charge in [0.2, 0.25) is 0 Å². The number of anilines is 1. The minimum Gasteiger partial charge on any atom is -0.345 e. The third-order valence-electron chi connectivity index (χ3n) is 4.39. The molecule has 0 unspecified atom stereocenters. The summed E-state index contributed by atoms with van der Waals surface area (Å²) >= 11 is 1.87. The molecule has 120 valence electrons. The quantitative estimate of drug-likeness (QED) is 0.906. The molecule has 5 heteroatoms. The Hall–Kier alpha value is -0.650. The number of nitrogens with one attached hydrogen (secondary N) is 1. The zero-order valence-corrected chi connectivity index (χ0v) is 15.2. The first-order valence-electron chi connectivity index (χ1n) is 8.01. The standard InChI is InChI=1S/C16H30N4S/c1-7-17-10-13-14(12(2)3)18-15(21-13)20-9-8-19(6)16(4,5)11-20/h12,17H,7-11H2,1-6H3. The van der Waals surface area contributed by atoms with Crippen molar-refractivity contribution in [2.24, 2.45) is 0 Å². The maximum absolute atomic E-state index is 4.96. The summed E-state index contributed by atoms with van der Waals surface area (Å²) in [6.45, 7) is 16.4. The van der Waals surface area contributed by atoms with Gasteiger partial charge in [0.15, 0.2) is 5.13 Å². The molecule has 1 aliphatic heterocycles. The molecular weight excluding hydrogens is 280 g/mol. The maximum atomic E-state index is 4.96. The van der Waals surface area contributed by atoms with Gasteiger partial charge in [0.05, 0.1) is 5.69 Å². The molecule has 1 aliphatic rings. The Labute approximate surface area is 133 Å². The van der Waals surface area contributed by atoms with Gasteiger partial charge in [0.25, 0.3) is 0 Å². The van der Waals surface area contributed by atoms with Crippen LogP contribution in [0.2, 0.25) is 0 Å². The number of piperazine rings is 1. The topological polar surface area (TPSA) is 31.4 Å². The van der Waals surface area contributed by atoms with E-state index < -0.39 is 0 Å². The summed E-state index contributed by atoms with van der Waals surface area (Å²) in [7, 11) is 2.22. The van der Waals surface area contributed by atoms with E-state index in [-0.39, 0.29) is 5.54 Å². The van der Waals surface area contributed by atoms with Gasteiger partial charge in [0.1, 0.15) is 0 Å². The molecule has 21 heavy (non-hydrogen) atoms. The van der Waals surface area contributed by atoms with Crippen LogP contribution in [-0.4, -0.2) is 48.6 Å². The highest BCUT2D eigenvalue weighted by molar-refractivity contribution is 7.15. The lowest BCUT2D eigenvalue weighted by Crippen LogP contribution is -2.57. The minimum atomic E-state index is 0.212. The van der Waals surface area contributed by atoms with Crippen LogP contribution in [0.1, 0.15) is 51.1 Å². The van der Waals surface area contributed by atoms with Gasteiger partial charge in [-0.3, -0.25) is 4.90 Å². The van der Waals surface area contributed by atoms with E-state index in [1.807, 2.05) is 11.3 Å². The third kappa shape index (κ3) is 3.76. The molecule has 1 N–H and O–H groups in total. The number of aromatic nitrogens is 1. The third-order valence-corrected chi connectivity index (χ3v) is 5.52. The zero-order valence-electron chi connectivity index (χ0n) is 14.4. The predicted molar refractivity (Wildman–Crippen MR) is 92.5 cm³/mol. The van der Waals surface area contributed by atoms with E-state index in [9.17, 15) is 0 Å². The van der Waals surface area contributed by atoms with Gasteiger partial charge in [-0.2, -0.15) is 0 Å². The predicted octanol–water partition coefficient (Wildman–Crippen LogP) is 2.91. The second-order valence-corrected chi connectivity index (χ2v) is 7.96. The van der Waals surface area contributed by atoms with Crippen molar-refractivity contribution in [3.63, 3.8) is 0 Å². The number of hydrogen-bond donors (Lipinski definition) is 1. The van der Waals surface area contributed by atoms with Crippen LogP contribution in [0.5, 0.6) is 0 Å².